The summed E-state index contributed by atoms with van der Waals surface area (Å²) >= 11 is 0. The minimum Gasteiger partial charge on any atom is -0.462 e. The van der Waals surface area contributed by atoms with Crippen molar-refractivity contribution < 1.29 is 33.3 Å². The van der Waals surface area contributed by atoms with Crippen LogP contribution in [0.1, 0.15) is 140 Å². The minimum atomic E-state index is -0.797. The van der Waals surface area contributed by atoms with Crippen molar-refractivity contribution in [1.29, 1.82) is 0 Å². The van der Waals surface area contributed by atoms with Gasteiger partial charge in [0.25, 0.3) is 5.69 Å². The predicted octanol–water partition coefficient (Wildman–Crippen LogP) is 10.7. The van der Waals surface area contributed by atoms with E-state index >= 15 is 0 Å². The molecule has 0 aromatic heterocycles. The summed E-state index contributed by atoms with van der Waals surface area (Å²) < 4.78 is 36.1. The van der Waals surface area contributed by atoms with E-state index in [1.54, 1.807) is 12.1 Å². The molecule has 2 aromatic carbocycles. The first-order valence-electron chi connectivity index (χ1n) is 23.5. The highest BCUT2D eigenvalue weighted by molar-refractivity contribution is 5.74. The maximum Gasteiger partial charge on any atom is 0.270 e. The predicted molar refractivity (Wildman–Crippen MR) is 241 cm³/mol. The number of nitrogens with zero attached hydrogens (tertiary/aromatic N) is 3. The lowest BCUT2D eigenvalue weighted by Gasteiger charge is -2.47. The number of rotatable bonds is 20. The van der Waals surface area contributed by atoms with Crippen molar-refractivity contribution in [1.82, 2.24) is 4.90 Å². The Hall–Kier alpha value is -3.06. The van der Waals surface area contributed by atoms with Gasteiger partial charge in [-0.15, -0.1) is 0 Å². The summed E-state index contributed by atoms with van der Waals surface area (Å²) in [5, 5.41) is 12.3. The van der Waals surface area contributed by atoms with Crippen molar-refractivity contribution in [2.45, 2.75) is 141 Å². The standard InChI is InChI=1S/C49H77N3O8/c1-4-5-6-7-8-9-10-11-12-13-14-15-16-17-18-21-26-51-46-23-20-19-22-45(46)48(2,3)49(51)25-24-42-39-44(52(53)54)40-43(47(42)60-49)41-50-27-29-55-31-33-57-35-37-59-38-36-58-34-32-56-30-28-50/h19-20,22-25,39-40H,4-18,21,26-38,41H2,1-3H3. The Balaban J connectivity index is 1.22. The molecule has 11 heteroatoms. The fraction of sp³-hybridized carbons (Fsp3) is 0.714. The van der Waals surface area contributed by atoms with E-state index in [0.29, 0.717) is 91.5 Å². The molecule has 3 aliphatic heterocycles. The zero-order valence-electron chi connectivity index (χ0n) is 37.4. The van der Waals surface area contributed by atoms with Gasteiger partial charge >= 0.3 is 0 Å². The molecular formula is C49H77N3O8. The van der Waals surface area contributed by atoms with E-state index < -0.39 is 11.1 Å². The molecule has 3 heterocycles. The lowest BCUT2D eigenvalue weighted by Crippen LogP contribution is -2.59. The van der Waals surface area contributed by atoms with Crippen LogP contribution in [0.15, 0.2) is 42.5 Å². The Kier molecular flexibility index (Phi) is 21.1. The number of anilines is 1. The quantitative estimate of drug-likeness (QED) is 0.0727. The third-order valence-electron chi connectivity index (χ3n) is 12.5. The van der Waals surface area contributed by atoms with Crippen LogP contribution in [0, 0.1) is 10.1 Å². The molecule has 1 spiro atoms. The SMILES string of the molecule is CCCCCCCCCCCCCCCCCCN1c2ccccc2C(C)(C)C12C=Cc1cc([N+](=O)[O-])cc(CN3CCOCCOCCOCCOCCOCC3)c1O2. The molecule has 0 amide bonds. The first-order valence-corrected chi connectivity index (χ1v) is 23.5. The second-order valence-electron chi connectivity index (χ2n) is 17.3. The number of non-ortho nitro benzene ring substituents is 1. The third kappa shape index (κ3) is 14.2. The summed E-state index contributed by atoms with van der Waals surface area (Å²) in [6, 6.07) is 12.0. The highest BCUT2D eigenvalue weighted by Crippen LogP contribution is 2.55. The maximum absolute atomic E-state index is 12.3. The Labute approximate surface area is 361 Å². The molecule has 336 valence electrons. The monoisotopic (exact) mass is 836 g/mol. The van der Waals surface area contributed by atoms with E-state index in [0.717, 1.165) is 24.1 Å². The van der Waals surface area contributed by atoms with Gasteiger partial charge in [-0.1, -0.05) is 121 Å². The Morgan fingerprint density at radius 2 is 1.13 bits per heavy atom. The molecule has 1 saturated heterocycles. The van der Waals surface area contributed by atoms with Crippen LogP contribution in [0.25, 0.3) is 6.08 Å². The van der Waals surface area contributed by atoms with Crippen molar-refractivity contribution >= 4 is 17.5 Å². The molecule has 1 atom stereocenters. The fourth-order valence-electron chi connectivity index (χ4n) is 8.97. The molecule has 3 aliphatic rings. The lowest BCUT2D eigenvalue weighted by atomic mass is 9.76. The van der Waals surface area contributed by atoms with Crippen LogP contribution in [0.5, 0.6) is 5.75 Å². The number of nitro benzene ring substituents is 1. The van der Waals surface area contributed by atoms with Gasteiger partial charge in [-0.3, -0.25) is 15.0 Å². The van der Waals surface area contributed by atoms with Crippen LogP contribution in [0.2, 0.25) is 0 Å². The van der Waals surface area contributed by atoms with Gasteiger partial charge in [-0.05, 0) is 44.1 Å². The molecule has 1 unspecified atom stereocenters. The van der Waals surface area contributed by atoms with Gasteiger partial charge in [-0.2, -0.15) is 0 Å². The first-order chi connectivity index (χ1) is 29.4. The van der Waals surface area contributed by atoms with Gasteiger partial charge < -0.3 is 33.3 Å². The van der Waals surface area contributed by atoms with Crippen LogP contribution in [-0.4, -0.2) is 101 Å². The number of para-hydroxylation sites is 1. The summed E-state index contributed by atoms with van der Waals surface area (Å²) in [6.07, 6.45) is 25.6. The number of benzene rings is 2. The second kappa shape index (κ2) is 26.4. The average Bonchev–Trinajstić information content (AvgIpc) is 3.42. The van der Waals surface area contributed by atoms with Gasteiger partial charge in [0.2, 0.25) is 5.72 Å². The topological polar surface area (TPSA) is 105 Å². The van der Waals surface area contributed by atoms with Crippen molar-refractivity contribution in [3.05, 3.63) is 69.3 Å². The van der Waals surface area contributed by atoms with Crippen LogP contribution >= 0.6 is 0 Å². The molecule has 0 saturated carbocycles. The summed E-state index contributed by atoms with van der Waals surface area (Å²) in [6.45, 7) is 14.3. The highest BCUT2D eigenvalue weighted by Gasteiger charge is 2.58. The van der Waals surface area contributed by atoms with Crippen LogP contribution in [0.3, 0.4) is 0 Å². The Morgan fingerprint density at radius 3 is 1.65 bits per heavy atom. The number of ether oxygens (including phenoxy) is 6. The average molecular weight is 836 g/mol. The second-order valence-corrected chi connectivity index (χ2v) is 17.3. The smallest absolute Gasteiger partial charge is 0.270 e. The van der Waals surface area contributed by atoms with Crippen LogP contribution in [0.4, 0.5) is 11.4 Å². The summed E-state index contributed by atoms with van der Waals surface area (Å²) in [4.78, 5) is 16.7. The zero-order chi connectivity index (χ0) is 42.3. The maximum atomic E-state index is 12.3. The number of hydrogen-bond acceptors (Lipinski definition) is 10. The normalized spacial score (nSPS) is 20.6. The summed E-state index contributed by atoms with van der Waals surface area (Å²) in [7, 11) is 0. The molecule has 0 N–H and O–H groups in total. The van der Waals surface area contributed by atoms with Gasteiger partial charge in [0.05, 0.1) is 76.4 Å². The van der Waals surface area contributed by atoms with E-state index in [4.69, 9.17) is 28.4 Å². The number of fused-ring (bicyclic) bond motifs is 2. The zero-order valence-corrected chi connectivity index (χ0v) is 37.4. The number of nitro groups is 1. The number of hydrogen-bond donors (Lipinski definition) is 0. The van der Waals surface area contributed by atoms with Crippen molar-refractivity contribution in [2.24, 2.45) is 0 Å². The molecule has 11 nitrogen and oxygen atoms in total. The number of unbranched alkanes of at least 4 members (excludes halogenated alkanes) is 15. The van der Waals surface area contributed by atoms with Gasteiger partial charge in [0.1, 0.15) is 5.75 Å². The molecule has 1 fully saturated rings. The summed E-state index contributed by atoms with van der Waals surface area (Å²) in [5.41, 5.74) is 2.82. The van der Waals surface area contributed by atoms with Gasteiger partial charge in [0.15, 0.2) is 0 Å². The Bertz CT molecular complexity index is 1550. The van der Waals surface area contributed by atoms with Crippen molar-refractivity contribution in [3.8, 4) is 5.75 Å². The fourth-order valence-corrected chi connectivity index (χ4v) is 8.97. The largest absolute Gasteiger partial charge is 0.462 e. The van der Waals surface area contributed by atoms with E-state index in [2.05, 4.69) is 67.0 Å². The first kappa shape index (κ1) is 48.0. The van der Waals surface area contributed by atoms with Crippen LogP contribution in [-0.2, 0) is 35.6 Å². The molecule has 0 aliphatic carbocycles. The molecule has 60 heavy (non-hydrogen) atoms. The molecule has 0 bridgehead atoms. The van der Waals surface area contributed by atoms with Crippen molar-refractivity contribution in [3.63, 3.8) is 0 Å². The van der Waals surface area contributed by atoms with E-state index in [9.17, 15) is 10.1 Å². The van der Waals surface area contributed by atoms with E-state index in [1.807, 2.05) is 0 Å². The van der Waals surface area contributed by atoms with Crippen LogP contribution < -0.4 is 9.64 Å². The van der Waals surface area contributed by atoms with Gasteiger partial charge in [-0.25, -0.2) is 0 Å². The third-order valence-corrected chi connectivity index (χ3v) is 12.5. The highest BCUT2D eigenvalue weighted by atomic mass is 16.6. The van der Waals surface area contributed by atoms with E-state index in [1.165, 1.54) is 108 Å². The lowest BCUT2D eigenvalue weighted by molar-refractivity contribution is -0.385. The summed E-state index contributed by atoms with van der Waals surface area (Å²) in [5.74, 6) is 0.700. The molecule has 0 radical (unpaired) electrons. The molecule has 5 rings (SSSR count). The Morgan fingerprint density at radius 1 is 0.650 bits per heavy atom. The van der Waals surface area contributed by atoms with E-state index in [-0.39, 0.29) is 10.6 Å². The van der Waals surface area contributed by atoms with Crippen molar-refractivity contribution in [2.75, 3.05) is 90.6 Å². The van der Waals surface area contributed by atoms with Gasteiger partial charge in [0, 0.05) is 55.1 Å². The molecular weight excluding hydrogens is 759 g/mol. The minimum absolute atomic E-state index is 0.0547. The molecule has 2 aromatic rings.